The summed E-state index contributed by atoms with van der Waals surface area (Å²) in [6, 6.07) is 16.3. The lowest BCUT2D eigenvalue weighted by Crippen LogP contribution is -1.96. The number of pyridine rings is 1. The molecule has 0 fully saturated rings. The molecule has 1 N–H and O–H groups in total. The second-order valence-corrected chi connectivity index (χ2v) is 5.47. The molecule has 2 aromatic heterocycles. The predicted molar refractivity (Wildman–Crippen MR) is 92.7 cm³/mol. The van der Waals surface area contributed by atoms with Gasteiger partial charge in [0.1, 0.15) is 11.3 Å². The lowest BCUT2D eigenvalue weighted by atomic mass is 10.0. The van der Waals surface area contributed by atoms with Gasteiger partial charge in [-0.15, -0.1) is 0 Å². The van der Waals surface area contributed by atoms with Crippen LogP contribution in [0, 0.1) is 6.92 Å². The smallest absolute Gasteiger partial charge is 0.128 e. The maximum absolute atomic E-state index is 5.80. The maximum Gasteiger partial charge on any atom is 0.128 e. The minimum Gasteiger partial charge on any atom is -0.493 e. The number of nitrogens with zero attached hydrogens (tertiary/aromatic N) is 2. The van der Waals surface area contributed by atoms with Crippen LogP contribution in [0.25, 0.3) is 33.1 Å². The number of rotatable bonds is 3. The molecule has 4 rings (SSSR count). The molecule has 114 valence electrons. The van der Waals surface area contributed by atoms with Crippen LogP contribution in [0.15, 0.2) is 48.5 Å². The summed E-state index contributed by atoms with van der Waals surface area (Å²) in [5, 5.41) is 9.64. The number of nitrogens with one attached hydrogen (secondary N) is 1. The minimum atomic E-state index is 0.627. The van der Waals surface area contributed by atoms with Crippen LogP contribution in [-0.4, -0.2) is 21.8 Å². The van der Waals surface area contributed by atoms with Crippen LogP contribution in [0.2, 0.25) is 0 Å². The van der Waals surface area contributed by atoms with Crippen molar-refractivity contribution in [2.75, 3.05) is 6.61 Å². The van der Waals surface area contributed by atoms with Gasteiger partial charge in [-0.05, 0) is 26.0 Å². The van der Waals surface area contributed by atoms with Crippen LogP contribution >= 0.6 is 0 Å². The van der Waals surface area contributed by atoms with Crippen LogP contribution in [0.5, 0.6) is 5.75 Å². The van der Waals surface area contributed by atoms with Gasteiger partial charge in [-0.3, -0.25) is 5.10 Å². The van der Waals surface area contributed by atoms with Crippen molar-refractivity contribution in [3.63, 3.8) is 0 Å². The molecule has 2 heterocycles. The van der Waals surface area contributed by atoms with Crippen molar-refractivity contribution >= 4 is 21.8 Å². The Morgan fingerprint density at radius 2 is 1.74 bits per heavy atom. The first-order valence-electron chi connectivity index (χ1n) is 7.75. The number of aromatic amines is 1. The minimum absolute atomic E-state index is 0.627. The zero-order valence-corrected chi connectivity index (χ0v) is 13.1. The van der Waals surface area contributed by atoms with Gasteiger partial charge in [0.15, 0.2) is 0 Å². The second kappa shape index (κ2) is 5.39. The van der Waals surface area contributed by atoms with E-state index in [1.807, 2.05) is 44.2 Å². The Morgan fingerprint density at radius 3 is 2.57 bits per heavy atom. The standard InChI is InChI=1S/C19H17N3O/c1-3-23-16-11-7-6-10-15(16)18-13-8-4-5-9-14(13)19-17(20-18)12(2)21-22-19/h4-11H,3H2,1-2H3,(H,21,22). The van der Waals surface area contributed by atoms with Gasteiger partial charge in [0.2, 0.25) is 0 Å². The highest BCUT2D eigenvalue weighted by Crippen LogP contribution is 2.36. The lowest BCUT2D eigenvalue weighted by molar-refractivity contribution is 0.341. The van der Waals surface area contributed by atoms with Crippen molar-refractivity contribution in [2.24, 2.45) is 0 Å². The predicted octanol–water partition coefficient (Wildman–Crippen LogP) is 4.49. The summed E-state index contributed by atoms with van der Waals surface area (Å²) in [7, 11) is 0. The average molecular weight is 303 g/mol. The van der Waals surface area contributed by atoms with E-state index in [0.717, 1.165) is 44.5 Å². The molecule has 0 aliphatic rings. The molecule has 0 unspecified atom stereocenters. The molecule has 2 aromatic carbocycles. The summed E-state index contributed by atoms with van der Waals surface area (Å²) in [6.45, 7) is 4.59. The van der Waals surface area contributed by atoms with E-state index in [1.165, 1.54) is 0 Å². The molecule has 4 heteroatoms. The van der Waals surface area contributed by atoms with Crippen LogP contribution in [0.1, 0.15) is 12.6 Å². The van der Waals surface area contributed by atoms with E-state index in [4.69, 9.17) is 9.72 Å². The van der Waals surface area contributed by atoms with Gasteiger partial charge in [-0.2, -0.15) is 5.10 Å². The Labute approximate surface area is 134 Å². The van der Waals surface area contributed by atoms with Crippen LogP contribution in [0.3, 0.4) is 0 Å². The van der Waals surface area contributed by atoms with Crippen molar-refractivity contribution in [1.29, 1.82) is 0 Å². The molecular weight excluding hydrogens is 286 g/mol. The average Bonchev–Trinajstić information content (AvgIpc) is 2.96. The quantitative estimate of drug-likeness (QED) is 0.607. The molecule has 0 aliphatic carbocycles. The van der Waals surface area contributed by atoms with E-state index in [1.54, 1.807) is 0 Å². The van der Waals surface area contributed by atoms with Crippen molar-refractivity contribution in [3.8, 4) is 17.0 Å². The van der Waals surface area contributed by atoms with E-state index in [-0.39, 0.29) is 0 Å². The van der Waals surface area contributed by atoms with Crippen molar-refractivity contribution in [3.05, 3.63) is 54.2 Å². The second-order valence-electron chi connectivity index (χ2n) is 5.47. The molecule has 0 bridgehead atoms. The van der Waals surface area contributed by atoms with Gasteiger partial charge in [0.25, 0.3) is 0 Å². The number of para-hydroxylation sites is 1. The van der Waals surface area contributed by atoms with Gasteiger partial charge in [0.05, 0.1) is 23.5 Å². The van der Waals surface area contributed by atoms with Gasteiger partial charge in [-0.25, -0.2) is 4.98 Å². The number of fused-ring (bicyclic) bond motifs is 3. The topological polar surface area (TPSA) is 50.8 Å². The fourth-order valence-corrected chi connectivity index (χ4v) is 2.98. The normalized spacial score (nSPS) is 11.2. The van der Waals surface area contributed by atoms with Crippen molar-refractivity contribution in [2.45, 2.75) is 13.8 Å². The van der Waals surface area contributed by atoms with E-state index in [9.17, 15) is 0 Å². The number of ether oxygens (including phenoxy) is 1. The Bertz CT molecular complexity index is 1000. The number of H-pyrrole nitrogens is 1. The number of hydrogen-bond acceptors (Lipinski definition) is 3. The molecule has 0 saturated carbocycles. The Morgan fingerprint density at radius 1 is 1.00 bits per heavy atom. The molecule has 0 saturated heterocycles. The van der Waals surface area contributed by atoms with Crippen molar-refractivity contribution in [1.82, 2.24) is 15.2 Å². The molecular formula is C19H17N3O. The van der Waals surface area contributed by atoms with Crippen molar-refractivity contribution < 1.29 is 4.74 Å². The molecule has 0 aliphatic heterocycles. The van der Waals surface area contributed by atoms with Gasteiger partial charge in [-0.1, -0.05) is 36.4 Å². The van der Waals surface area contributed by atoms with Crippen LogP contribution in [0.4, 0.5) is 0 Å². The third-order valence-electron chi connectivity index (χ3n) is 4.03. The van der Waals surface area contributed by atoms with Crippen LogP contribution < -0.4 is 4.74 Å². The summed E-state index contributed by atoms with van der Waals surface area (Å²) in [4.78, 5) is 4.90. The van der Waals surface area contributed by atoms with E-state index in [0.29, 0.717) is 6.61 Å². The van der Waals surface area contributed by atoms with E-state index >= 15 is 0 Å². The molecule has 23 heavy (non-hydrogen) atoms. The van der Waals surface area contributed by atoms with E-state index in [2.05, 4.69) is 28.4 Å². The third kappa shape index (κ3) is 2.14. The fourth-order valence-electron chi connectivity index (χ4n) is 2.98. The molecule has 0 atom stereocenters. The number of aromatic nitrogens is 3. The van der Waals surface area contributed by atoms with E-state index < -0.39 is 0 Å². The highest BCUT2D eigenvalue weighted by atomic mass is 16.5. The number of hydrogen-bond donors (Lipinski definition) is 1. The zero-order chi connectivity index (χ0) is 15.8. The fraction of sp³-hybridized carbons (Fsp3) is 0.158. The largest absolute Gasteiger partial charge is 0.493 e. The third-order valence-corrected chi connectivity index (χ3v) is 4.03. The first-order chi connectivity index (χ1) is 11.3. The van der Waals surface area contributed by atoms with Gasteiger partial charge >= 0.3 is 0 Å². The highest BCUT2D eigenvalue weighted by Gasteiger charge is 2.15. The van der Waals surface area contributed by atoms with Crippen LogP contribution in [-0.2, 0) is 0 Å². The molecule has 0 radical (unpaired) electrons. The molecule has 4 nitrogen and oxygen atoms in total. The summed E-state index contributed by atoms with van der Waals surface area (Å²) >= 11 is 0. The Balaban J connectivity index is 2.11. The monoisotopic (exact) mass is 303 g/mol. The summed E-state index contributed by atoms with van der Waals surface area (Å²) < 4.78 is 5.80. The summed E-state index contributed by atoms with van der Waals surface area (Å²) in [5.41, 5.74) is 4.73. The van der Waals surface area contributed by atoms with Gasteiger partial charge in [0, 0.05) is 16.3 Å². The first-order valence-corrected chi connectivity index (χ1v) is 7.75. The Kier molecular flexibility index (Phi) is 3.23. The Hall–Kier alpha value is -2.88. The highest BCUT2D eigenvalue weighted by molar-refractivity contribution is 6.10. The lowest BCUT2D eigenvalue weighted by Gasteiger charge is -2.12. The number of aryl methyl sites for hydroxylation is 1. The maximum atomic E-state index is 5.80. The SMILES string of the molecule is CCOc1ccccc1-c1nc2c(C)n[nH]c2c2ccccc12. The first kappa shape index (κ1) is 13.8. The zero-order valence-electron chi connectivity index (χ0n) is 13.1. The molecule has 0 amide bonds. The summed E-state index contributed by atoms with van der Waals surface area (Å²) in [6.07, 6.45) is 0. The summed E-state index contributed by atoms with van der Waals surface area (Å²) in [5.74, 6) is 0.855. The van der Waals surface area contributed by atoms with Gasteiger partial charge < -0.3 is 4.74 Å². The number of benzene rings is 2. The molecule has 4 aromatic rings. The molecule has 0 spiro atoms.